The van der Waals surface area contributed by atoms with Crippen LogP contribution in [0.1, 0.15) is 5.56 Å². The molecule has 0 fully saturated rings. The van der Waals surface area contributed by atoms with Crippen molar-refractivity contribution in [2.75, 3.05) is 11.1 Å². The second-order valence-electron chi connectivity index (χ2n) is 3.96. The lowest BCUT2D eigenvalue weighted by molar-refractivity contribution is -0.113. The number of amides is 1. The van der Waals surface area contributed by atoms with E-state index in [2.05, 4.69) is 21.2 Å². The molecule has 2 rings (SSSR count). The molecule has 0 aromatic heterocycles. The van der Waals surface area contributed by atoms with Gasteiger partial charge in [-0.25, -0.2) is 0 Å². The topological polar surface area (TPSA) is 52.9 Å². The zero-order valence-electron chi connectivity index (χ0n) is 10.5. The van der Waals surface area contributed by atoms with E-state index >= 15 is 0 Å². The Labute approximate surface area is 130 Å². The summed E-state index contributed by atoms with van der Waals surface area (Å²) in [4.78, 5) is 12.9. The molecule has 0 aliphatic carbocycles. The highest BCUT2D eigenvalue weighted by atomic mass is 79.9. The van der Waals surface area contributed by atoms with Crippen LogP contribution in [-0.4, -0.2) is 11.7 Å². The minimum absolute atomic E-state index is 0.0964. The van der Waals surface area contributed by atoms with Gasteiger partial charge >= 0.3 is 0 Å². The van der Waals surface area contributed by atoms with Crippen molar-refractivity contribution in [1.82, 2.24) is 0 Å². The Morgan fingerprint density at radius 1 is 1.25 bits per heavy atom. The Bertz CT molecular complexity index is 667. The maximum absolute atomic E-state index is 11.9. The van der Waals surface area contributed by atoms with Gasteiger partial charge in [-0.3, -0.25) is 4.79 Å². The standard InChI is InChI=1S/C15H11BrN2OS/c16-13-6-1-2-7-14(13)20-10-15(19)18-12-5-3-4-11(8-12)9-17/h1-8H,10H2,(H,18,19). The summed E-state index contributed by atoms with van der Waals surface area (Å²) < 4.78 is 0.976. The van der Waals surface area contributed by atoms with Gasteiger partial charge < -0.3 is 5.32 Å². The molecule has 100 valence electrons. The fourth-order valence-corrected chi connectivity index (χ4v) is 2.94. The SMILES string of the molecule is N#Cc1cccc(NC(=O)CSc2ccccc2Br)c1. The second kappa shape index (κ2) is 7.13. The first-order chi connectivity index (χ1) is 9.69. The van der Waals surface area contributed by atoms with E-state index in [1.165, 1.54) is 11.8 Å². The maximum Gasteiger partial charge on any atom is 0.234 e. The van der Waals surface area contributed by atoms with Crippen LogP contribution < -0.4 is 5.32 Å². The number of thioether (sulfide) groups is 1. The van der Waals surface area contributed by atoms with E-state index in [1.54, 1.807) is 24.3 Å². The van der Waals surface area contributed by atoms with Crippen LogP contribution in [0.2, 0.25) is 0 Å². The predicted octanol–water partition coefficient (Wildman–Crippen LogP) is 4.05. The van der Waals surface area contributed by atoms with Crippen LogP contribution in [0.15, 0.2) is 57.9 Å². The number of benzene rings is 2. The minimum Gasteiger partial charge on any atom is -0.325 e. The lowest BCUT2D eigenvalue weighted by atomic mass is 10.2. The molecule has 3 nitrogen and oxygen atoms in total. The van der Waals surface area contributed by atoms with Gasteiger partial charge in [0.25, 0.3) is 0 Å². The number of nitrogens with zero attached hydrogens (tertiary/aromatic N) is 1. The zero-order valence-corrected chi connectivity index (χ0v) is 12.9. The van der Waals surface area contributed by atoms with Crippen molar-refractivity contribution >= 4 is 39.3 Å². The number of rotatable bonds is 4. The van der Waals surface area contributed by atoms with Gasteiger partial charge in [0.15, 0.2) is 0 Å². The molecule has 0 bridgehead atoms. The normalized spacial score (nSPS) is 9.80. The van der Waals surface area contributed by atoms with Crippen molar-refractivity contribution in [2.45, 2.75) is 4.90 Å². The van der Waals surface area contributed by atoms with E-state index < -0.39 is 0 Å². The van der Waals surface area contributed by atoms with E-state index in [0.29, 0.717) is 17.0 Å². The van der Waals surface area contributed by atoms with E-state index in [9.17, 15) is 4.79 Å². The van der Waals surface area contributed by atoms with E-state index in [-0.39, 0.29) is 5.91 Å². The summed E-state index contributed by atoms with van der Waals surface area (Å²) in [5.74, 6) is 0.222. The van der Waals surface area contributed by atoms with Gasteiger partial charge in [-0.1, -0.05) is 18.2 Å². The number of nitriles is 1. The van der Waals surface area contributed by atoms with Crippen molar-refractivity contribution in [3.8, 4) is 6.07 Å². The third-order valence-electron chi connectivity index (χ3n) is 2.47. The van der Waals surface area contributed by atoms with Gasteiger partial charge in [-0.15, -0.1) is 11.8 Å². The van der Waals surface area contributed by atoms with Gasteiger partial charge in [0, 0.05) is 15.1 Å². The third kappa shape index (κ3) is 4.12. The lowest BCUT2D eigenvalue weighted by Crippen LogP contribution is -2.14. The van der Waals surface area contributed by atoms with Crippen LogP contribution in [0.3, 0.4) is 0 Å². The van der Waals surface area contributed by atoms with Crippen molar-refractivity contribution in [1.29, 1.82) is 5.26 Å². The third-order valence-corrected chi connectivity index (χ3v) is 4.50. The number of hydrogen-bond acceptors (Lipinski definition) is 3. The molecule has 20 heavy (non-hydrogen) atoms. The first-order valence-electron chi connectivity index (χ1n) is 5.86. The number of anilines is 1. The molecule has 0 atom stereocenters. The molecule has 0 spiro atoms. The highest BCUT2D eigenvalue weighted by Gasteiger charge is 2.06. The second-order valence-corrected chi connectivity index (χ2v) is 5.83. The first-order valence-corrected chi connectivity index (χ1v) is 7.64. The largest absolute Gasteiger partial charge is 0.325 e. The van der Waals surface area contributed by atoms with Gasteiger partial charge in [0.05, 0.1) is 17.4 Å². The number of nitrogens with one attached hydrogen (secondary N) is 1. The maximum atomic E-state index is 11.9. The van der Waals surface area contributed by atoms with E-state index in [1.807, 2.05) is 30.3 Å². The Hall–Kier alpha value is -1.77. The molecule has 0 aliphatic heterocycles. The summed E-state index contributed by atoms with van der Waals surface area (Å²) in [6.07, 6.45) is 0. The Kier molecular flexibility index (Phi) is 5.22. The number of halogens is 1. The Balaban J connectivity index is 1.93. The first kappa shape index (κ1) is 14.6. The molecule has 5 heteroatoms. The molecule has 0 aliphatic rings. The summed E-state index contributed by atoms with van der Waals surface area (Å²) in [6.45, 7) is 0. The quantitative estimate of drug-likeness (QED) is 0.849. The molecular weight excluding hydrogens is 336 g/mol. The smallest absolute Gasteiger partial charge is 0.234 e. The predicted molar refractivity (Wildman–Crippen MR) is 84.7 cm³/mol. The average Bonchev–Trinajstić information content (AvgIpc) is 2.46. The van der Waals surface area contributed by atoms with Gasteiger partial charge in [0.1, 0.15) is 0 Å². The molecule has 0 saturated heterocycles. The summed E-state index contributed by atoms with van der Waals surface area (Å²) in [7, 11) is 0. The summed E-state index contributed by atoms with van der Waals surface area (Å²) in [5.41, 5.74) is 1.17. The van der Waals surface area contributed by atoms with Gasteiger partial charge in [-0.05, 0) is 46.3 Å². The van der Waals surface area contributed by atoms with Crippen molar-refractivity contribution in [3.05, 3.63) is 58.6 Å². The molecule has 0 saturated carbocycles. The summed E-state index contributed by atoms with van der Waals surface area (Å²) >= 11 is 4.90. The molecule has 0 unspecified atom stereocenters. The number of carbonyl (C=O) groups excluding carboxylic acids is 1. The molecule has 0 heterocycles. The van der Waals surface area contributed by atoms with Crippen LogP contribution in [0.4, 0.5) is 5.69 Å². The van der Waals surface area contributed by atoms with Crippen LogP contribution in [0, 0.1) is 11.3 Å². The summed E-state index contributed by atoms with van der Waals surface area (Å²) in [5, 5.41) is 11.6. The van der Waals surface area contributed by atoms with Crippen molar-refractivity contribution in [3.63, 3.8) is 0 Å². The van der Waals surface area contributed by atoms with Gasteiger partial charge in [0.2, 0.25) is 5.91 Å². The van der Waals surface area contributed by atoms with Crippen molar-refractivity contribution in [2.24, 2.45) is 0 Å². The fourth-order valence-electron chi connectivity index (χ4n) is 1.57. The fraction of sp³-hybridized carbons (Fsp3) is 0.0667. The van der Waals surface area contributed by atoms with Crippen LogP contribution in [0.25, 0.3) is 0 Å². The van der Waals surface area contributed by atoms with Crippen molar-refractivity contribution < 1.29 is 4.79 Å². The monoisotopic (exact) mass is 346 g/mol. The van der Waals surface area contributed by atoms with E-state index in [4.69, 9.17) is 5.26 Å². The molecule has 1 N–H and O–H groups in total. The molecule has 2 aromatic rings. The van der Waals surface area contributed by atoms with Gasteiger partial charge in [-0.2, -0.15) is 5.26 Å². The number of hydrogen-bond donors (Lipinski definition) is 1. The molecule has 0 radical (unpaired) electrons. The van der Waals surface area contributed by atoms with Crippen LogP contribution >= 0.6 is 27.7 Å². The molecule has 1 amide bonds. The zero-order chi connectivity index (χ0) is 14.4. The minimum atomic E-state index is -0.0964. The summed E-state index contributed by atoms with van der Waals surface area (Å²) in [6, 6.07) is 16.7. The number of carbonyl (C=O) groups is 1. The average molecular weight is 347 g/mol. The Morgan fingerprint density at radius 3 is 2.80 bits per heavy atom. The van der Waals surface area contributed by atoms with E-state index in [0.717, 1.165) is 9.37 Å². The molecular formula is C15H11BrN2OS. The van der Waals surface area contributed by atoms with Crippen LogP contribution in [0.5, 0.6) is 0 Å². The Morgan fingerprint density at radius 2 is 2.05 bits per heavy atom. The highest BCUT2D eigenvalue weighted by Crippen LogP contribution is 2.26. The molecule has 2 aromatic carbocycles. The van der Waals surface area contributed by atoms with Crippen LogP contribution in [-0.2, 0) is 4.79 Å². The highest BCUT2D eigenvalue weighted by molar-refractivity contribution is 9.10. The lowest BCUT2D eigenvalue weighted by Gasteiger charge is -2.06.